The maximum atomic E-state index is 11.7. The van der Waals surface area contributed by atoms with E-state index in [2.05, 4.69) is 28.7 Å². The maximum Gasteiger partial charge on any atom is 0.321 e. The third kappa shape index (κ3) is 3.90. The van der Waals surface area contributed by atoms with Crippen LogP contribution in [-0.2, 0) is 17.8 Å². The van der Waals surface area contributed by atoms with Crippen molar-refractivity contribution in [2.24, 2.45) is 0 Å². The van der Waals surface area contributed by atoms with Crippen LogP contribution in [0.25, 0.3) is 0 Å². The van der Waals surface area contributed by atoms with E-state index in [1.807, 2.05) is 4.90 Å². The van der Waals surface area contributed by atoms with Crippen molar-refractivity contribution in [3.05, 3.63) is 34.5 Å². The Labute approximate surface area is 116 Å². The minimum Gasteiger partial charge on any atom is -0.334 e. The predicted octanol–water partition coefficient (Wildman–Crippen LogP) is 1.12. The monoisotopic (exact) mass is 279 g/mol. The summed E-state index contributed by atoms with van der Waals surface area (Å²) >= 11 is 1.77. The highest BCUT2D eigenvalue weighted by molar-refractivity contribution is 7.10. The Hall–Kier alpha value is -1.66. The van der Waals surface area contributed by atoms with Crippen molar-refractivity contribution in [2.45, 2.75) is 13.0 Å². The molecule has 1 aromatic rings. The second-order valence-corrected chi connectivity index (χ2v) is 5.38. The van der Waals surface area contributed by atoms with E-state index >= 15 is 0 Å². The zero-order valence-corrected chi connectivity index (χ0v) is 11.5. The number of hydrogen-bond acceptors (Lipinski definition) is 4. The van der Waals surface area contributed by atoms with Crippen LogP contribution in [0.15, 0.2) is 24.1 Å². The molecule has 1 aromatic heterocycles. The molecule has 102 valence electrons. The van der Waals surface area contributed by atoms with Gasteiger partial charge in [0.15, 0.2) is 0 Å². The van der Waals surface area contributed by atoms with Gasteiger partial charge in [-0.3, -0.25) is 15.0 Å². The Kier molecular flexibility index (Phi) is 4.70. The summed E-state index contributed by atoms with van der Waals surface area (Å²) in [5.41, 5.74) is 1.29. The molecule has 1 aliphatic heterocycles. The van der Waals surface area contributed by atoms with Crippen molar-refractivity contribution >= 4 is 23.3 Å². The van der Waals surface area contributed by atoms with Gasteiger partial charge in [0.2, 0.25) is 5.91 Å². The summed E-state index contributed by atoms with van der Waals surface area (Å²) in [5.74, 6) is -0.278. The molecule has 19 heavy (non-hydrogen) atoms. The normalized spacial score (nSPS) is 14.5. The first-order valence-corrected chi connectivity index (χ1v) is 7.03. The predicted molar refractivity (Wildman–Crippen MR) is 75.0 cm³/mol. The van der Waals surface area contributed by atoms with Gasteiger partial charge in [-0.2, -0.15) is 0 Å². The fraction of sp³-hybridized carbons (Fsp3) is 0.385. The number of urea groups is 1. The van der Waals surface area contributed by atoms with E-state index in [-0.39, 0.29) is 12.5 Å². The summed E-state index contributed by atoms with van der Waals surface area (Å²) in [6.45, 7) is 5.72. The van der Waals surface area contributed by atoms with Crippen LogP contribution in [-0.4, -0.2) is 36.5 Å². The molecule has 0 bridgehead atoms. The number of rotatable bonds is 4. The SMILES string of the molecule is C=CCNC(=O)NC(=O)CN1CCc2sccc2C1. The summed E-state index contributed by atoms with van der Waals surface area (Å²) in [7, 11) is 0. The molecule has 2 heterocycles. The Morgan fingerprint density at radius 2 is 2.37 bits per heavy atom. The van der Waals surface area contributed by atoms with Crippen molar-refractivity contribution in [2.75, 3.05) is 19.6 Å². The van der Waals surface area contributed by atoms with Gasteiger partial charge < -0.3 is 5.32 Å². The van der Waals surface area contributed by atoms with E-state index in [1.54, 1.807) is 17.4 Å². The largest absolute Gasteiger partial charge is 0.334 e. The minimum absolute atomic E-state index is 0.247. The van der Waals surface area contributed by atoms with Gasteiger partial charge in [-0.1, -0.05) is 6.08 Å². The lowest BCUT2D eigenvalue weighted by Gasteiger charge is -2.25. The minimum atomic E-state index is -0.474. The number of hydrogen-bond donors (Lipinski definition) is 2. The molecule has 0 unspecified atom stereocenters. The summed E-state index contributed by atoms with van der Waals surface area (Å²) in [4.78, 5) is 26.5. The van der Waals surface area contributed by atoms with Crippen LogP contribution in [0.3, 0.4) is 0 Å². The second-order valence-electron chi connectivity index (χ2n) is 4.38. The van der Waals surface area contributed by atoms with Gasteiger partial charge in [-0.05, 0) is 23.4 Å². The summed E-state index contributed by atoms with van der Waals surface area (Å²) < 4.78 is 0. The summed E-state index contributed by atoms with van der Waals surface area (Å²) in [6.07, 6.45) is 2.54. The van der Waals surface area contributed by atoms with Gasteiger partial charge in [-0.25, -0.2) is 4.79 Å². The second kappa shape index (κ2) is 6.49. The fourth-order valence-corrected chi connectivity index (χ4v) is 2.91. The van der Waals surface area contributed by atoms with Gasteiger partial charge in [0.25, 0.3) is 0 Å². The van der Waals surface area contributed by atoms with E-state index < -0.39 is 6.03 Å². The van der Waals surface area contributed by atoms with E-state index in [0.717, 1.165) is 19.5 Å². The number of imide groups is 1. The number of nitrogens with one attached hydrogen (secondary N) is 2. The number of carbonyl (C=O) groups excluding carboxylic acids is 2. The molecular weight excluding hydrogens is 262 g/mol. The third-order valence-corrected chi connectivity index (χ3v) is 3.94. The highest BCUT2D eigenvalue weighted by Gasteiger charge is 2.19. The molecular formula is C13H17N3O2S. The van der Waals surface area contributed by atoms with Crippen LogP contribution in [0.1, 0.15) is 10.4 Å². The number of fused-ring (bicyclic) bond motifs is 1. The highest BCUT2D eigenvalue weighted by Crippen LogP contribution is 2.23. The molecule has 3 amide bonds. The van der Waals surface area contributed by atoms with Gasteiger partial charge in [0.05, 0.1) is 6.54 Å². The Morgan fingerprint density at radius 3 is 3.16 bits per heavy atom. The molecule has 0 spiro atoms. The van der Waals surface area contributed by atoms with Gasteiger partial charge in [0.1, 0.15) is 0 Å². The average Bonchev–Trinajstić information content (AvgIpc) is 2.83. The van der Waals surface area contributed by atoms with Crippen LogP contribution in [0.5, 0.6) is 0 Å². The van der Waals surface area contributed by atoms with Crippen molar-refractivity contribution in [3.63, 3.8) is 0 Å². The van der Waals surface area contributed by atoms with Crippen LogP contribution >= 0.6 is 11.3 Å². The average molecular weight is 279 g/mol. The molecule has 0 saturated heterocycles. The maximum absolute atomic E-state index is 11.7. The number of nitrogens with zero attached hydrogens (tertiary/aromatic N) is 1. The van der Waals surface area contributed by atoms with E-state index in [0.29, 0.717) is 6.54 Å². The number of carbonyl (C=O) groups is 2. The lowest BCUT2D eigenvalue weighted by atomic mass is 10.1. The first kappa shape index (κ1) is 13.8. The Morgan fingerprint density at radius 1 is 1.53 bits per heavy atom. The number of amides is 3. The molecule has 0 atom stereocenters. The lowest BCUT2D eigenvalue weighted by molar-refractivity contribution is -0.121. The van der Waals surface area contributed by atoms with Crippen molar-refractivity contribution in [3.8, 4) is 0 Å². The smallest absolute Gasteiger partial charge is 0.321 e. The lowest BCUT2D eigenvalue weighted by Crippen LogP contribution is -2.45. The summed E-state index contributed by atoms with van der Waals surface area (Å²) in [6, 6.07) is 1.62. The van der Waals surface area contributed by atoms with Crippen LogP contribution < -0.4 is 10.6 Å². The van der Waals surface area contributed by atoms with Gasteiger partial charge in [-0.15, -0.1) is 17.9 Å². The van der Waals surface area contributed by atoms with E-state index in [9.17, 15) is 9.59 Å². The molecule has 0 aromatic carbocycles. The van der Waals surface area contributed by atoms with Crippen molar-refractivity contribution in [1.29, 1.82) is 0 Å². The molecule has 0 aliphatic carbocycles. The number of thiophene rings is 1. The van der Waals surface area contributed by atoms with Crippen molar-refractivity contribution in [1.82, 2.24) is 15.5 Å². The van der Waals surface area contributed by atoms with Gasteiger partial charge in [0, 0.05) is 24.5 Å². The van der Waals surface area contributed by atoms with Crippen LogP contribution in [0.4, 0.5) is 4.79 Å². The van der Waals surface area contributed by atoms with Crippen LogP contribution in [0, 0.1) is 0 Å². The molecule has 2 rings (SSSR count). The molecule has 5 nitrogen and oxygen atoms in total. The first-order valence-electron chi connectivity index (χ1n) is 6.15. The topological polar surface area (TPSA) is 61.4 Å². The molecule has 0 saturated carbocycles. The first-order chi connectivity index (χ1) is 9.19. The highest BCUT2D eigenvalue weighted by atomic mass is 32.1. The van der Waals surface area contributed by atoms with E-state index in [4.69, 9.17) is 0 Å². The third-order valence-electron chi connectivity index (χ3n) is 2.91. The van der Waals surface area contributed by atoms with Crippen molar-refractivity contribution < 1.29 is 9.59 Å². The summed E-state index contributed by atoms with van der Waals surface area (Å²) in [5, 5.41) is 6.89. The zero-order valence-electron chi connectivity index (χ0n) is 10.6. The van der Waals surface area contributed by atoms with Gasteiger partial charge >= 0.3 is 6.03 Å². The molecule has 2 N–H and O–H groups in total. The Bertz CT molecular complexity index is 484. The molecule has 1 aliphatic rings. The standard InChI is InChI=1S/C13H17N3O2S/c1-2-5-14-13(18)15-12(17)9-16-6-3-11-10(8-16)4-7-19-11/h2,4,7H,1,3,5-6,8-9H2,(H2,14,15,17,18). The quantitative estimate of drug-likeness (QED) is 0.812. The molecule has 6 heteroatoms. The molecule has 0 fully saturated rings. The Balaban J connectivity index is 1.77. The van der Waals surface area contributed by atoms with E-state index in [1.165, 1.54) is 10.4 Å². The molecule has 0 radical (unpaired) electrons. The van der Waals surface area contributed by atoms with Crippen LogP contribution in [0.2, 0.25) is 0 Å². The zero-order chi connectivity index (χ0) is 13.7. The fourth-order valence-electron chi connectivity index (χ4n) is 2.02.